The van der Waals surface area contributed by atoms with Gasteiger partial charge in [-0.3, -0.25) is 0 Å². The van der Waals surface area contributed by atoms with Crippen molar-refractivity contribution in [2.24, 2.45) is 0 Å². The Morgan fingerprint density at radius 2 is 1.62 bits per heavy atom. The molecule has 0 spiro atoms. The van der Waals surface area contributed by atoms with Crippen molar-refractivity contribution in [1.82, 2.24) is 5.32 Å². The number of hydrogen-bond donors (Lipinski definition) is 3. The highest BCUT2D eigenvalue weighted by Crippen LogP contribution is 2.38. The lowest BCUT2D eigenvalue weighted by Crippen LogP contribution is -2.51. The summed E-state index contributed by atoms with van der Waals surface area (Å²) >= 11 is 0. The van der Waals surface area contributed by atoms with Crippen LogP contribution >= 0.6 is 0 Å². The summed E-state index contributed by atoms with van der Waals surface area (Å²) in [6, 6.07) is 12.7. The molecule has 1 atom stereocenters. The fraction of sp³-hybridized carbons (Fsp3) is 0.235. The Hall–Kier alpha value is -2.54. The van der Waals surface area contributed by atoms with E-state index >= 15 is 0 Å². The number of para-hydroxylation sites is 1. The van der Waals surface area contributed by atoms with Crippen LogP contribution in [0.3, 0.4) is 0 Å². The maximum absolute atomic E-state index is 13.3. The van der Waals surface area contributed by atoms with Gasteiger partial charge in [0, 0.05) is 5.69 Å². The molecular weight excluding hydrogens is 321 g/mol. The molecular formula is C17H17F3N2O2. The number of amides is 2. The van der Waals surface area contributed by atoms with Gasteiger partial charge in [0.05, 0.1) is 6.54 Å². The van der Waals surface area contributed by atoms with Crippen molar-refractivity contribution in [3.8, 4) is 0 Å². The molecule has 0 aliphatic rings. The van der Waals surface area contributed by atoms with Crippen LogP contribution in [0.15, 0.2) is 54.6 Å². The number of aryl methyl sites for hydroxylation is 1. The average Bonchev–Trinajstić information content (AvgIpc) is 2.54. The third-order valence-electron chi connectivity index (χ3n) is 3.62. The Labute approximate surface area is 137 Å². The third-order valence-corrected chi connectivity index (χ3v) is 3.62. The molecule has 0 bridgehead atoms. The van der Waals surface area contributed by atoms with Crippen molar-refractivity contribution >= 4 is 11.7 Å². The minimum atomic E-state index is -4.94. The fourth-order valence-corrected chi connectivity index (χ4v) is 2.17. The number of aliphatic hydroxyl groups is 1. The first-order chi connectivity index (χ1) is 11.2. The largest absolute Gasteiger partial charge is 0.423 e. The normalized spacial score (nSPS) is 13.9. The molecule has 7 heteroatoms. The second kappa shape index (κ2) is 6.92. The van der Waals surface area contributed by atoms with Crippen LogP contribution in [0, 0.1) is 6.92 Å². The number of urea groups is 1. The van der Waals surface area contributed by atoms with Gasteiger partial charge in [-0.05, 0) is 24.1 Å². The molecule has 2 amide bonds. The van der Waals surface area contributed by atoms with Crippen LogP contribution in [-0.4, -0.2) is 23.9 Å². The molecule has 2 aromatic rings. The first-order valence-corrected chi connectivity index (χ1v) is 7.19. The molecule has 0 fully saturated rings. The van der Waals surface area contributed by atoms with E-state index in [0.29, 0.717) is 5.69 Å². The van der Waals surface area contributed by atoms with Gasteiger partial charge >= 0.3 is 12.2 Å². The van der Waals surface area contributed by atoms with Crippen LogP contribution in [-0.2, 0) is 5.60 Å². The fourth-order valence-electron chi connectivity index (χ4n) is 2.17. The molecule has 128 valence electrons. The summed E-state index contributed by atoms with van der Waals surface area (Å²) in [4.78, 5) is 11.9. The Bertz CT molecular complexity index is 704. The molecule has 2 aromatic carbocycles. The van der Waals surface area contributed by atoms with Gasteiger partial charge in [0.1, 0.15) is 0 Å². The molecule has 4 nitrogen and oxygen atoms in total. The predicted octanol–water partition coefficient (Wildman–Crippen LogP) is 3.57. The summed E-state index contributed by atoms with van der Waals surface area (Å²) < 4.78 is 39.9. The Kier molecular flexibility index (Phi) is 5.14. The van der Waals surface area contributed by atoms with Crippen molar-refractivity contribution in [3.05, 3.63) is 65.7 Å². The number of rotatable bonds is 4. The maximum atomic E-state index is 13.3. The van der Waals surface area contributed by atoms with Crippen molar-refractivity contribution in [3.63, 3.8) is 0 Å². The summed E-state index contributed by atoms with van der Waals surface area (Å²) in [6.45, 7) is 0.754. The number of nitrogens with one attached hydrogen (secondary N) is 2. The number of benzene rings is 2. The van der Waals surface area contributed by atoms with E-state index < -0.39 is 24.4 Å². The van der Waals surface area contributed by atoms with E-state index in [1.807, 2.05) is 0 Å². The third kappa shape index (κ3) is 3.86. The lowest BCUT2D eigenvalue weighted by Gasteiger charge is -2.31. The molecule has 3 N–H and O–H groups in total. The van der Waals surface area contributed by atoms with E-state index in [4.69, 9.17) is 0 Å². The number of hydrogen-bond acceptors (Lipinski definition) is 2. The molecule has 24 heavy (non-hydrogen) atoms. The van der Waals surface area contributed by atoms with Crippen LogP contribution in [0.2, 0.25) is 0 Å². The van der Waals surface area contributed by atoms with E-state index in [0.717, 1.165) is 17.7 Å². The monoisotopic (exact) mass is 338 g/mol. The van der Waals surface area contributed by atoms with Gasteiger partial charge in [-0.25, -0.2) is 4.79 Å². The Morgan fingerprint density at radius 1 is 1.04 bits per heavy atom. The van der Waals surface area contributed by atoms with Gasteiger partial charge in [0.2, 0.25) is 5.60 Å². The van der Waals surface area contributed by atoms with E-state index in [1.165, 1.54) is 12.1 Å². The van der Waals surface area contributed by atoms with E-state index in [-0.39, 0.29) is 5.56 Å². The van der Waals surface area contributed by atoms with Crippen LogP contribution in [0.4, 0.5) is 23.7 Å². The summed E-state index contributed by atoms with van der Waals surface area (Å²) in [5, 5.41) is 14.7. The van der Waals surface area contributed by atoms with Gasteiger partial charge in [0.25, 0.3) is 0 Å². The summed E-state index contributed by atoms with van der Waals surface area (Å²) in [7, 11) is 0. The molecule has 0 radical (unpaired) electrons. The van der Waals surface area contributed by atoms with E-state index in [1.54, 1.807) is 37.3 Å². The standard InChI is InChI=1S/C17H17F3N2O2/c1-12-7-5-6-10-14(12)22-15(23)21-11-16(24,17(18,19)20)13-8-3-2-4-9-13/h2-10,24H,11H2,1H3,(H2,21,22,23)/t16-/m0/s1. The topological polar surface area (TPSA) is 61.4 Å². The van der Waals surface area contributed by atoms with Crippen molar-refractivity contribution in [1.29, 1.82) is 0 Å². The molecule has 0 saturated carbocycles. The highest BCUT2D eigenvalue weighted by molar-refractivity contribution is 5.90. The maximum Gasteiger partial charge on any atom is 0.423 e. The molecule has 2 rings (SSSR count). The average molecular weight is 338 g/mol. The summed E-state index contributed by atoms with van der Waals surface area (Å²) in [5.74, 6) is 0. The first kappa shape index (κ1) is 17.8. The zero-order valence-corrected chi connectivity index (χ0v) is 12.9. The van der Waals surface area contributed by atoms with E-state index in [2.05, 4.69) is 10.6 Å². The number of carbonyl (C=O) groups excluding carboxylic acids is 1. The zero-order valence-electron chi connectivity index (χ0n) is 12.9. The first-order valence-electron chi connectivity index (χ1n) is 7.19. The van der Waals surface area contributed by atoms with Crippen molar-refractivity contribution < 1.29 is 23.1 Å². The number of halogens is 3. The quantitative estimate of drug-likeness (QED) is 0.798. The number of carbonyl (C=O) groups is 1. The molecule has 0 aliphatic carbocycles. The van der Waals surface area contributed by atoms with Crippen molar-refractivity contribution in [2.45, 2.75) is 18.7 Å². The molecule has 0 heterocycles. The molecule has 0 saturated heterocycles. The molecule has 0 aliphatic heterocycles. The van der Waals surface area contributed by atoms with Gasteiger partial charge in [-0.2, -0.15) is 13.2 Å². The van der Waals surface area contributed by atoms with Crippen LogP contribution in [0.25, 0.3) is 0 Å². The van der Waals surface area contributed by atoms with Crippen LogP contribution < -0.4 is 10.6 Å². The zero-order chi connectivity index (χ0) is 17.8. The minimum Gasteiger partial charge on any atom is -0.375 e. The minimum absolute atomic E-state index is 0.339. The second-order valence-corrected chi connectivity index (χ2v) is 5.35. The highest BCUT2D eigenvalue weighted by Gasteiger charge is 2.55. The number of alkyl halides is 3. The molecule has 0 aromatic heterocycles. The Balaban J connectivity index is 2.12. The van der Waals surface area contributed by atoms with Gasteiger partial charge in [-0.15, -0.1) is 0 Å². The Morgan fingerprint density at radius 3 is 2.21 bits per heavy atom. The summed E-state index contributed by atoms with van der Waals surface area (Å²) in [5.41, 5.74) is -2.27. The van der Waals surface area contributed by atoms with Crippen LogP contribution in [0.1, 0.15) is 11.1 Å². The van der Waals surface area contributed by atoms with Gasteiger partial charge < -0.3 is 15.7 Å². The lowest BCUT2D eigenvalue weighted by atomic mass is 9.93. The predicted molar refractivity (Wildman–Crippen MR) is 84.6 cm³/mol. The summed E-state index contributed by atoms with van der Waals surface area (Å²) in [6.07, 6.45) is -4.94. The van der Waals surface area contributed by atoms with Crippen molar-refractivity contribution in [2.75, 3.05) is 11.9 Å². The smallest absolute Gasteiger partial charge is 0.375 e. The SMILES string of the molecule is Cc1ccccc1NC(=O)NC[C@](O)(c1ccccc1)C(F)(F)F. The molecule has 0 unspecified atom stereocenters. The second-order valence-electron chi connectivity index (χ2n) is 5.35. The highest BCUT2D eigenvalue weighted by atomic mass is 19.4. The van der Waals surface area contributed by atoms with Gasteiger partial charge in [0.15, 0.2) is 0 Å². The number of anilines is 1. The van der Waals surface area contributed by atoms with E-state index in [9.17, 15) is 23.1 Å². The van der Waals surface area contributed by atoms with Crippen LogP contribution in [0.5, 0.6) is 0 Å². The lowest BCUT2D eigenvalue weighted by molar-refractivity contribution is -0.263. The van der Waals surface area contributed by atoms with Gasteiger partial charge in [-0.1, -0.05) is 48.5 Å².